The van der Waals surface area contributed by atoms with E-state index in [1.165, 1.54) is 38.0 Å². The van der Waals surface area contributed by atoms with Gasteiger partial charge in [-0.3, -0.25) is 5.32 Å². The molecule has 2 aromatic heterocycles. The minimum absolute atomic E-state index is 0.0667. The Morgan fingerprint density at radius 2 is 1.68 bits per heavy atom. The average Bonchev–Trinajstić information content (AvgIpc) is 3.59. The van der Waals surface area contributed by atoms with Crippen LogP contribution < -0.4 is 19.5 Å². The molecule has 2 atom stereocenters. The number of alkyl halides is 1. The lowest BCUT2D eigenvalue weighted by Gasteiger charge is -2.34. The fourth-order valence-corrected chi connectivity index (χ4v) is 7.03. The molecule has 0 aliphatic carbocycles. The number of nitrogens with zero attached hydrogens (tertiary/aromatic N) is 2. The molecule has 50 heavy (non-hydrogen) atoms. The maximum Gasteiger partial charge on any atom is 0.348 e. The van der Waals surface area contributed by atoms with Crippen LogP contribution in [0.25, 0.3) is 0 Å². The van der Waals surface area contributed by atoms with Crippen molar-refractivity contribution in [3.63, 3.8) is 0 Å². The third-order valence-electron chi connectivity index (χ3n) is 8.54. The van der Waals surface area contributed by atoms with Gasteiger partial charge in [0, 0.05) is 36.5 Å². The van der Waals surface area contributed by atoms with E-state index in [9.17, 15) is 14.8 Å². The molecule has 4 aromatic rings. The minimum atomic E-state index is -1.56. The zero-order valence-electron chi connectivity index (χ0n) is 27.8. The number of halogens is 3. The summed E-state index contributed by atoms with van der Waals surface area (Å²) in [5, 5.41) is 15.3. The number of nitrogens with one attached hydrogen (secondary N) is 1. The van der Waals surface area contributed by atoms with E-state index in [-0.39, 0.29) is 29.6 Å². The second-order valence-electron chi connectivity index (χ2n) is 12.1. The van der Waals surface area contributed by atoms with Gasteiger partial charge in [0.15, 0.2) is 23.9 Å². The molecule has 0 bridgehead atoms. The molecule has 10 nitrogen and oxygen atoms in total. The molecule has 1 aliphatic rings. The first-order valence-corrected chi connectivity index (χ1v) is 17.5. The van der Waals surface area contributed by atoms with Crippen LogP contribution in [0.5, 0.6) is 11.5 Å². The maximum absolute atomic E-state index is 15.3. The normalized spacial score (nSPS) is 15.6. The number of likely N-dealkylation sites (tertiary alicyclic amines) is 1. The van der Waals surface area contributed by atoms with Gasteiger partial charge in [-0.2, -0.15) is 4.73 Å². The van der Waals surface area contributed by atoms with Crippen molar-refractivity contribution in [1.29, 1.82) is 0 Å². The van der Waals surface area contributed by atoms with Crippen LogP contribution in [0.4, 0.5) is 4.39 Å². The summed E-state index contributed by atoms with van der Waals surface area (Å²) < 4.78 is 38.2. The standard InChI is InChI=1S/C36H38Cl2FN3O7S/c1-41-15-13-36(39,14-16-41)22-48-35(44)33(23-7-5-4-6-8-23)40-19-25-10-12-32(50-25)34(43)49-30(18-26-27(37)20-42(45)21-28(26)38)24-9-11-29(46-2)31(17-24)47-3/h4-12,17,20-21,30,33,40H,13-16,18-19,22H2,1-3H3. The zero-order chi connectivity index (χ0) is 35.8. The first-order chi connectivity index (χ1) is 24.0. The van der Waals surface area contributed by atoms with Crippen molar-refractivity contribution in [1.82, 2.24) is 10.2 Å². The highest BCUT2D eigenvalue weighted by molar-refractivity contribution is 7.13. The van der Waals surface area contributed by atoms with E-state index in [1.807, 2.05) is 30.1 Å². The molecular weight excluding hydrogens is 708 g/mol. The van der Waals surface area contributed by atoms with Crippen molar-refractivity contribution in [3.8, 4) is 11.5 Å². The molecule has 5 rings (SSSR count). The van der Waals surface area contributed by atoms with Crippen LogP contribution >= 0.6 is 34.5 Å². The summed E-state index contributed by atoms with van der Waals surface area (Å²) in [5.74, 6) is -0.267. The predicted molar refractivity (Wildman–Crippen MR) is 189 cm³/mol. The van der Waals surface area contributed by atoms with Crippen LogP contribution in [0, 0.1) is 5.21 Å². The third-order valence-corrected chi connectivity index (χ3v) is 10.3. The Morgan fingerprint density at radius 1 is 1.00 bits per heavy atom. The zero-order valence-corrected chi connectivity index (χ0v) is 30.2. The minimum Gasteiger partial charge on any atom is -0.619 e. The van der Waals surface area contributed by atoms with Gasteiger partial charge in [-0.05, 0) is 55.3 Å². The number of pyridine rings is 1. The molecule has 1 fully saturated rings. The molecular formula is C36H38Cl2FN3O7S. The highest BCUT2D eigenvalue weighted by Crippen LogP contribution is 2.36. The van der Waals surface area contributed by atoms with E-state index in [0.717, 1.165) is 4.88 Å². The van der Waals surface area contributed by atoms with Gasteiger partial charge < -0.3 is 29.1 Å². The van der Waals surface area contributed by atoms with Crippen molar-refractivity contribution in [2.75, 3.05) is 41.0 Å². The fourth-order valence-electron chi connectivity index (χ4n) is 5.59. The largest absolute Gasteiger partial charge is 0.619 e. The molecule has 1 saturated heterocycles. The van der Waals surface area contributed by atoms with Crippen LogP contribution in [-0.2, 0) is 27.2 Å². The lowest BCUT2D eigenvalue weighted by atomic mass is 9.94. The highest BCUT2D eigenvalue weighted by atomic mass is 35.5. The summed E-state index contributed by atoms with van der Waals surface area (Å²) in [6.45, 7) is 1.11. The van der Waals surface area contributed by atoms with E-state index in [2.05, 4.69) is 5.32 Å². The summed E-state index contributed by atoms with van der Waals surface area (Å²) in [7, 11) is 4.95. The quantitative estimate of drug-likeness (QED) is 0.0861. The topological polar surface area (TPSA) is 113 Å². The molecule has 1 aliphatic heterocycles. The van der Waals surface area contributed by atoms with Gasteiger partial charge >= 0.3 is 11.9 Å². The van der Waals surface area contributed by atoms with Crippen molar-refractivity contribution < 1.29 is 37.7 Å². The number of carbonyl (C=O) groups excluding carboxylic acids is 2. The number of rotatable bonds is 14. The number of hydrogen-bond acceptors (Lipinski definition) is 10. The van der Waals surface area contributed by atoms with Crippen molar-refractivity contribution in [2.45, 2.75) is 43.6 Å². The highest BCUT2D eigenvalue weighted by Gasteiger charge is 2.36. The lowest BCUT2D eigenvalue weighted by molar-refractivity contribution is -0.605. The van der Waals surface area contributed by atoms with Gasteiger partial charge in [-0.15, -0.1) is 11.3 Å². The van der Waals surface area contributed by atoms with Gasteiger partial charge in [0.25, 0.3) is 0 Å². The first kappa shape index (κ1) is 37.3. The predicted octanol–water partition coefficient (Wildman–Crippen LogP) is 6.65. The molecule has 0 saturated carbocycles. The monoisotopic (exact) mass is 745 g/mol. The maximum atomic E-state index is 15.3. The number of benzene rings is 2. The third kappa shape index (κ3) is 9.43. The van der Waals surface area contributed by atoms with Crippen LogP contribution in [0.1, 0.15) is 56.2 Å². The molecule has 0 spiro atoms. The Labute approximate surface area is 304 Å². The molecule has 0 amide bonds. The molecule has 2 unspecified atom stereocenters. The second kappa shape index (κ2) is 16.8. The van der Waals surface area contributed by atoms with Gasteiger partial charge in [0.2, 0.25) is 0 Å². The van der Waals surface area contributed by atoms with Gasteiger partial charge in [-0.1, -0.05) is 59.6 Å². The number of carbonyl (C=O) groups is 2. The van der Waals surface area contributed by atoms with E-state index < -0.39 is 29.8 Å². The van der Waals surface area contributed by atoms with Crippen LogP contribution in [0.3, 0.4) is 0 Å². The van der Waals surface area contributed by atoms with Crippen molar-refractivity contribution >= 4 is 46.5 Å². The van der Waals surface area contributed by atoms with Crippen LogP contribution in [0.15, 0.2) is 73.1 Å². The number of esters is 2. The van der Waals surface area contributed by atoms with Crippen LogP contribution in [0.2, 0.25) is 10.0 Å². The molecule has 266 valence electrons. The summed E-state index contributed by atoms with van der Waals surface area (Å²) >= 11 is 14.0. The Morgan fingerprint density at radius 3 is 2.34 bits per heavy atom. The summed E-state index contributed by atoms with van der Waals surface area (Å²) in [6.07, 6.45) is 2.15. The van der Waals surface area contributed by atoms with Crippen LogP contribution in [-0.4, -0.2) is 63.5 Å². The van der Waals surface area contributed by atoms with E-state index >= 15 is 4.39 Å². The van der Waals surface area contributed by atoms with E-state index in [1.54, 1.807) is 42.5 Å². The SMILES string of the molecule is COc1ccc(C(Cc2c(Cl)c[n+]([O-])cc2Cl)OC(=O)c2ccc(CNC(C(=O)OCC3(F)CCN(C)CC3)c3ccccc3)s2)cc1OC. The molecule has 3 heterocycles. The van der Waals surface area contributed by atoms with Gasteiger partial charge in [0.1, 0.15) is 39.3 Å². The molecule has 1 N–H and O–H groups in total. The number of methoxy groups -OCH3 is 2. The number of hydrogen-bond donors (Lipinski definition) is 1. The Hall–Kier alpha value is -3.94. The summed E-state index contributed by atoms with van der Waals surface area (Å²) in [5.41, 5.74) is 0.122. The molecule has 0 radical (unpaired) electrons. The molecule has 2 aromatic carbocycles. The molecule has 14 heteroatoms. The second-order valence-corrected chi connectivity index (χ2v) is 14.0. The van der Waals surface area contributed by atoms with E-state index in [0.29, 0.717) is 63.7 Å². The van der Waals surface area contributed by atoms with Gasteiger partial charge in [0.05, 0.1) is 14.2 Å². The van der Waals surface area contributed by atoms with Crippen molar-refractivity contribution in [2.24, 2.45) is 0 Å². The number of thiophene rings is 1. The smallest absolute Gasteiger partial charge is 0.348 e. The summed E-state index contributed by atoms with van der Waals surface area (Å²) in [4.78, 5) is 30.0. The summed E-state index contributed by atoms with van der Waals surface area (Å²) in [6, 6.07) is 16.7. The Bertz CT molecular complexity index is 1760. The van der Waals surface area contributed by atoms with Crippen molar-refractivity contribution in [3.05, 3.63) is 115 Å². The van der Waals surface area contributed by atoms with Gasteiger partial charge in [-0.25, -0.2) is 14.0 Å². The number of ether oxygens (including phenoxy) is 4. The average molecular weight is 747 g/mol. The number of piperidine rings is 1. The van der Waals surface area contributed by atoms with E-state index in [4.69, 9.17) is 42.1 Å². The number of aromatic nitrogens is 1. The fraction of sp³-hybridized carbons (Fsp3) is 0.361. The Kier molecular flexibility index (Phi) is 12.6. The first-order valence-electron chi connectivity index (χ1n) is 15.9. The lowest BCUT2D eigenvalue weighted by Crippen LogP contribution is -2.44. The Balaban J connectivity index is 1.30.